The van der Waals surface area contributed by atoms with E-state index in [0.29, 0.717) is 22.5 Å². The number of rotatable bonds is 4. The molecular weight excluding hydrogens is 266 g/mol. The topological polar surface area (TPSA) is 77.0 Å². The summed E-state index contributed by atoms with van der Waals surface area (Å²) < 4.78 is 0. The van der Waals surface area contributed by atoms with Crippen molar-refractivity contribution in [3.63, 3.8) is 0 Å². The molecule has 0 unspecified atom stereocenters. The highest BCUT2D eigenvalue weighted by atomic mass is 16.2. The Morgan fingerprint density at radius 1 is 1.14 bits per heavy atom. The number of likely N-dealkylation sites (N-methyl/N-ethyl adjacent to an activating group) is 1. The van der Waals surface area contributed by atoms with Crippen molar-refractivity contribution in [2.24, 2.45) is 0 Å². The van der Waals surface area contributed by atoms with Gasteiger partial charge in [0.15, 0.2) is 0 Å². The maximum Gasteiger partial charge on any atom is 0.227 e. The van der Waals surface area contributed by atoms with Gasteiger partial charge in [-0.1, -0.05) is 0 Å². The van der Waals surface area contributed by atoms with Crippen LogP contribution >= 0.6 is 0 Å². The van der Waals surface area contributed by atoms with Gasteiger partial charge in [0.1, 0.15) is 0 Å². The third-order valence-corrected chi connectivity index (χ3v) is 3.11. The average molecular weight is 281 g/mol. The Kier molecular flexibility index (Phi) is 4.19. The Labute approximate surface area is 122 Å². The molecule has 1 amide bonds. The van der Waals surface area contributed by atoms with Crippen LogP contribution in [0, 0.1) is 11.3 Å². The first kappa shape index (κ1) is 14.5. The smallest absolute Gasteiger partial charge is 0.227 e. The number of nitriles is 1. The van der Waals surface area contributed by atoms with Gasteiger partial charge < -0.3 is 9.88 Å². The quantitative estimate of drug-likeness (QED) is 0.867. The standard InChI is InChI=1S/C16H15N3O2/c1-19(2)15(20)9-13-7-8-14(18-13)16(21)12-5-3-11(10-17)4-6-12/h3-8,18H,9H2,1-2H3. The number of nitrogens with one attached hydrogen (secondary N) is 1. The summed E-state index contributed by atoms with van der Waals surface area (Å²) in [6.45, 7) is 0. The second-order valence-electron chi connectivity index (χ2n) is 4.88. The van der Waals surface area contributed by atoms with E-state index < -0.39 is 0 Å². The SMILES string of the molecule is CN(C)C(=O)Cc1ccc(C(=O)c2ccc(C#N)cc2)[nH]1. The van der Waals surface area contributed by atoms with Gasteiger partial charge in [0, 0.05) is 25.4 Å². The Hall–Kier alpha value is -2.87. The van der Waals surface area contributed by atoms with Crippen molar-refractivity contribution in [3.05, 3.63) is 58.9 Å². The minimum absolute atomic E-state index is 0.0331. The molecule has 5 nitrogen and oxygen atoms in total. The molecule has 106 valence electrons. The van der Waals surface area contributed by atoms with Crippen LogP contribution in [0.25, 0.3) is 0 Å². The number of H-pyrrole nitrogens is 1. The van der Waals surface area contributed by atoms with Crippen molar-refractivity contribution < 1.29 is 9.59 Å². The number of nitrogens with zero attached hydrogens (tertiary/aromatic N) is 2. The van der Waals surface area contributed by atoms with Crippen LogP contribution < -0.4 is 0 Å². The first-order valence-corrected chi connectivity index (χ1v) is 6.44. The molecule has 1 aromatic heterocycles. The van der Waals surface area contributed by atoms with Crippen LogP contribution in [-0.2, 0) is 11.2 Å². The summed E-state index contributed by atoms with van der Waals surface area (Å²) in [6.07, 6.45) is 0.230. The number of aromatic nitrogens is 1. The monoisotopic (exact) mass is 281 g/mol. The lowest BCUT2D eigenvalue weighted by molar-refractivity contribution is -0.128. The third kappa shape index (κ3) is 3.37. The van der Waals surface area contributed by atoms with Crippen LogP contribution in [0.2, 0.25) is 0 Å². The summed E-state index contributed by atoms with van der Waals surface area (Å²) in [5.41, 5.74) is 2.14. The number of hydrogen-bond acceptors (Lipinski definition) is 3. The Morgan fingerprint density at radius 2 is 1.81 bits per heavy atom. The van der Waals surface area contributed by atoms with E-state index in [0.717, 1.165) is 0 Å². The van der Waals surface area contributed by atoms with Gasteiger partial charge in [-0.25, -0.2) is 0 Å². The number of carbonyl (C=O) groups excluding carboxylic acids is 2. The number of aromatic amines is 1. The number of benzene rings is 1. The molecule has 0 fully saturated rings. The molecule has 0 saturated carbocycles. The zero-order valence-electron chi connectivity index (χ0n) is 11.9. The molecule has 1 aromatic carbocycles. The van der Waals surface area contributed by atoms with E-state index in [4.69, 9.17) is 5.26 Å². The second kappa shape index (κ2) is 6.06. The normalized spacial score (nSPS) is 9.95. The van der Waals surface area contributed by atoms with Crippen LogP contribution in [0.4, 0.5) is 0 Å². The summed E-state index contributed by atoms with van der Waals surface area (Å²) in [5.74, 6) is -0.197. The van der Waals surface area contributed by atoms with Crippen LogP contribution in [0.5, 0.6) is 0 Å². The molecule has 2 aromatic rings. The molecule has 0 aliphatic heterocycles. The Morgan fingerprint density at radius 3 is 2.38 bits per heavy atom. The van der Waals surface area contributed by atoms with E-state index in [1.54, 1.807) is 50.5 Å². The fraction of sp³-hybridized carbons (Fsp3) is 0.188. The molecular formula is C16H15N3O2. The van der Waals surface area contributed by atoms with Gasteiger partial charge in [0.05, 0.1) is 23.7 Å². The van der Waals surface area contributed by atoms with Crippen LogP contribution in [0.15, 0.2) is 36.4 Å². The highest BCUT2D eigenvalue weighted by Gasteiger charge is 2.13. The second-order valence-corrected chi connectivity index (χ2v) is 4.88. The number of amides is 1. The van der Waals surface area contributed by atoms with Crippen molar-refractivity contribution in [2.45, 2.75) is 6.42 Å². The number of carbonyl (C=O) groups is 2. The van der Waals surface area contributed by atoms with E-state index >= 15 is 0 Å². The minimum atomic E-state index is -0.164. The minimum Gasteiger partial charge on any atom is -0.355 e. The predicted molar refractivity (Wildman–Crippen MR) is 77.8 cm³/mol. The average Bonchev–Trinajstić information content (AvgIpc) is 2.95. The molecule has 0 saturated heterocycles. The van der Waals surface area contributed by atoms with E-state index in [9.17, 15) is 9.59 Å². The first-order valence-electron chi connectivity index (χ1n) is 6.44. The summed E-state index contributed by atoms with van der Waals surface area (Å²) in [4.78, 5) is 28.4. The molecule has 0 radical (unpaired) electrons. The first-order chi connectivity index (χ1) is 10.0. The van der Waals surface area contributed by atoms with Crippen LogP contribution in [0.1, 0.15) is 27.3 Å². The molecule has 5 heteroatoms. The Balaban J connectivity index is 2.15. The van der Waals surface area contributed by atoms with Gasteiger partial charge in [0.2, 0.25) is 11.7 Å². The van der Waals surface area contributed by atoms with Crippen LogP contribution in [-0.4, -0.2) is 35.7 Å². The molecule has 0 spiro atoms. The van der Waals surface area contributed by atoms with Crippen molar-refractivity contribution in [2.75, 3.05) is 14.1 Å². The fourth-order valence-corrected chi connectivity index (χ4v) is 1.85. The molecule has 21 heavy (non-hydrogen) atoms. The van der Waals surface area contributed by atoms with E-state index in [2.05, 4.69) is 4.98 Å². The van der Waals surface area contributed by atoms with E-state index in [-0.39, 0.29) is 18.1 Å². The van der Waals surface area contributed by atoms with Crippen LogP contribution in [0.3, 0.4) is 0 Å². The zero-order chi connectivity index (χ0) is 15.4. The lowest BCUT2D eigenvalue weighted by Crippen LogP contribution is -2.23. The summed E-state index contributed by atoms with van der Waals surface area (Å²) in [5, 5.41) is 8.74. The molecule has 0 bridgehead atoms. The van der Waals surface area contributed by atoms with E-state index in [1.807, 2.05) is 6.07 Å². The largest absolute Gasteiger partial charge is 0.355 e. The molecule has 0 aliphatic rings. The lowest BCUT2D eigenvalue weighted by Gasteiger charge is -2.08. The van der Waals surface area contributed by atoms with Gasteiger partial charge in [-0.05, 0) is 36.4 Å². The fourth-order valence-electron chi connectivity index (χ4n) is 1.85. The summed E-state index contributed by atoms with van der Waals surface area (Å²) >= 11 is 0. The summed E-state index contributed by atoms with van der Waals surface area (Å²) in [6, 6.07) is 11.9. The van der Waals surface area contributed by atoms with Gasteiger partial charge in [0.25, 0.3) is 0 Å². The van der Waals surface area contributed by atoms with Crippen molar-refractivity contribution in [1.29, 1.82) is 5.26 Å². The third-order valence-electron chi connectivity index (χ3n) is 3.11. The number of ketones is 1. The molecule has 0 atom stereocenters. The van der Waals surface area contributed by atoms with Gasteiger partial charge >= 0.3 is 0 Å². The van der Waals surface area contributed by atoms with Crippen molar-refractivity contribution in [1.82, 2.24) is 9.88 Å². The lowest BCUT2D eigenvalue weighted by atomic mass is 10.1. The van der Waals surface area contributed by atoms with Crippen molar-refractivity contribution in [3.8, 4) is 6.07 Å². The Bertz CT molecular complexity index is 706. The maximum atomic E-state index is 12.3. The van der Waals surface area contributed by atoms with Gasteiger partial charge in [-0.2, -0.15) is 5.26 Å². The molecule has 1 heterocycles. The van der Waals surface area contributed by atoms with Gasteiger partial charge in [-0.3, -0.25) is 9.59 Å². The molecule has 1 N–H and O–H groups in total. The van der Waals surface area contributed by atoms with E-state index in [1.165, 1.54) is 4.90 Å². The van der Waals surface area contributed by atoms with Gasteiger partial charge in [-0.15, -0.1) is 0 Å². The zero-order valence-corrected chi connectivity index (χ0v) is 11.9. The number of hydrogen-bond donors (Lipinski definition) is 1. The molecule has 2 rings (SSSR count). The highest BCUT2D eigenvalue weighted by Crippen LogP contribution is 2.12. The molecule has 0 aliphatic carbocycles. The highest BCUT2D eigenvalue weighted by molar-refractivity contribution is 6.07. The van der Waals surface area contributed by atoms with Crippen molar-refractivity contribution >= 4 is 11.7 Å². The predicted octanol–water partition coefficient (Wildman–Crippen LogP) is 1.75. The summed E-state index contributed by atoms with van der Waals surface area (Å²) in [7, 11) is 3.38. The maximum absolute atomic E-state index is 12.3.